The van der Waals surface area contributed by atoms with Crippen LogP contribution in [0.4, 0.5) is 0 Å². The third-order valence-corrected chi connectivity index (χ3v) is 5.96. The van der Waals surface area contributed by atoms with Crippen molar-refractivity contribution in [2.75, 3.05) is 6.61 Å². The number of unbranched alkanes of at least 4 members (excludes halogenated alkanes) is 3. The minimum Gasteiger partial charge on any atom is -0.492 e. The number of aryl methyl sites for hydroxylation is 2. The monoisotopic (exact) mass is 440 g/mol. The first kappa shape index (κ1) is 18.8. The molecule has 1 nitrogen and oxygen atoms in total. The van der Waals surface area contributed by atoms with Gasteiger partial charge in [0.05, 0.1) is 11.1 Å². The van der Waals surface area contributed by atoms with Gasteiger partial charge in [-0.15, -0.1) is 0 Å². The van der Waals surface area contributed by atoms with Gasteiger partial charge >= 0.3 is 0 Å². The third-order valence-electron chi connectivity index (χ3n) is 4.34. The molecule has 0 amide bonds. The Morgan fingerprint density at radius 1 is 0.870 bits per heavy atom. The molecule has 0 saturated carbocycles. The fourth-order valence-electron chi connectivity index (χ4n) is 3.05. The van der Waals surface area contributed by atoms with E-state index in [2.05, 4.69) is 70.8 Å². The SMILES string of the molecule is CCCCCCOc1cc2c(CC)c(Br)ccc2c(CC)c1Br. The van der Waals surface area contributed by atoms with Crippen LogP contribution in [0.2, 0.25) is 0 Å². The van der Waals surface area contributed by atoms with E-state index in [0.29, 0.717) is 0 Å². The van der Waals surface area contributed by atoms with Gasteiger partial charge in [0.2, 0.25) is 0 Å². The molecule has 0 heterocycles. The molecule has 0 saturated heterocycles. The zero-order chi connectivity index (χ0) is 16.8. The number of hydrogen-bond acceptors (Lipinski definition) is 1. The molecule has 0 N–H and O–H groups in total. The van der Waals surface area contributed by atoms with E-state index >= 15 is 0 Å². The van der Waals surface area contributed by atoms with Gasteiger partial charge in [0.15, 0.2) is 0 Å². The molecule has 2 aromatic rings. The zero-order valence-electron chi connectivity index (χ0n) is 14.3. The molecule has 0 atom stereocenters. The second kappa shape index (κ2) is 9.08. The second-order valence-electron chi connectivity index (χ2n) is 5.90. The van der Waals surface area contributed by atoms with Crippen molar-refractivity contribution in [1.29, 1.82) is 0 Å². The van der Waals surface area contributed by atoms with Crippen LogP contribution in [0.5, 0.6) is 5.75 Å². The number of halogens is 2. The molecule has 0 aliphatic rings. The quantitative estimate of drug-likeness (QED) is 0.386. The molecular formula is C20H26Br2O. The maximum absolute atomic E-state index is 6.11. The summed E-state index contributed by atoms with van der Waals surface area (Å²) in [6.07, 6.45) is 6.92. The maximum atomic E-state index is 6.11. The van der Waals surface area contributed by atoms with E-state index in [4.69, 9.17) is 4.74 Å². The lowest BCUT2D eigenvalue weighted by atomic mass is 9.97. The van der Waals surface area contributed by atoms with Crippen molar-refractivity contribution < 1.29 is 4.74 Å². The Kier molecular flexibility index (Phi) is 7.42. The summed E-state index contributed by atoms with van der Waals surface area (Å²) in [4.78, 5) is 0. The van der Waals surface area contributed by atoms with E-state index in [-0.39, 0.29) is 0 Å². The van der Waals surface area contributed by atoms with Gasteiger partial charge in [-0.25, -0.2) is 0 Å². The molecule has 0 aromatic heterocycles. The van der Waals surface area contributed by atoms with E-state index in [1.807, 2.05) is 0 Å². The van der Waals surface area contributed by atoms with Gasteiger partial charge in [0.25, 0.3) is 0 Å². The molecule has 0 unspecified atom stereocenters. The summed E-state index contributed by atoms with van der Waals surface area (Å²) in [7, 11) is 0. The van der Waals surface area contributed by atoms with Crippen LogP contribution >= 0.6 is 31.9 Å². The Bertz CT molecular complexity index is 664. The zero-order valence-corrected chi connectivity index (χ0v) is 17.5. The summed E-state index contributed by atoms with van der Waals surface area (Å²) >= 11 is 7.47. The van der Waals surface area contributed by atoms with Crippen molar-refractivity contribution in [1.82, 2.24) is 0 Å². The minimum absolute atomic E-state index is 0.794. The highest BCUT2D eigenvalue weighted by Crippen LogP contribution is 2.39. The Morgan fingerprint density at radius 3 is 2.26 bits per heavy atom. The first-order valence-corrected chi connectivity index (χ1v) is 10.3. The molecule has 23 heavy (non-hydrogen) atoms. The van der Waals surface area contributed by atoms with Crippen LogP contribution in [0.3, 0.4) is 0 Å². The lowest BCUT2D eigenvalue weighted by Gasteiger charge is -2.17. The Labute approximate surface area is 157 Å². The summed E-state index contributed by atoms with van der Waals surface area (Å²) in [6.45, 7) is 7.44. The predicted octanol–water partition coefficient (Wildman–Crippen LogP) is 7.45. The standard InChI is InChI=1S/C20H26Br2O/c1-4-7-8-9-12-23-19-13-17-14(5-2)18(21)11-10-16(17)15(6-3)20(19)22/h10-11,13H,4-9,12H2,1-3H3. The van der Waals surface area contributed by atoms with Crippen molar-refractivity contribution in [2.45, 2.75) is 59.3 Å². The van der Waals surface area contributed by atoms with Crippen LogP contribution in [0, 0.1) is 0 Å². The minimum atomic E-state index is 0.794. The van der Waals surface area contributed by atoms with Crippen molar-refractivity contribution in [3.63, 3.8) is 0 Å². The molecule has 0 bridgehead atoms. The van der Waals surface area contributed by atoms with Crippen molar-refractivity contribution in [3.05, 3.63) is 38.3 Å². The number of benzene rings is 2. The number of ether oxygens (including phenoxy) is 1. The average Bonchev–Trinajstić information content (AvgIpc) is 2.55. The molecule has 0 aliphatic carbocycles. The highest BCUT2D eigenvalue weighted by Gasteiger charge is 2.14. The second-order valence-corrected chi connectivity index (χ2v) is 7.55. The Morgan fingerprint density at radius 2 is 1.61 bits per heavy atom. The van der Waals surface area contributed by atoms with Gasteiger partial charge in [-0.2, -0.15) is 0 Å². The van der Waals surface area contributed by atoms with E-state index in [1.165, 1.54) is 45.6 Å². The maximum Gasteiger partial charge on any atom is 0.134 e. The van der Waals surface area contributed by atoms with Crippen molar-refractivity contribution in [2.24, 2.45) is 0 Å². The molecular weight excluding hydrogens is 416 g/mol. The van der Waals surface area contributed by atoms with Crippen LogP contribution < -0.4 is 4.74 Å². The normalized spacial score (nSPS) is 11.2. The molecule has 126 valence electrons. The van der Waals surface area contributed by atoms with Crippen LogP contribution in [-0.4, -0.2) is 6.61 Å². The van der Waals surface area contributed by atoms with E-state index < -0.39 is 0 Å². The third kappa shape index (κ3) is 4.30. The fourth-order valence-corrected chi connectivity index (χ4v) is 4.40. The molecule has 0 radical (unpaired) electrons. The van der Waals surface area contributed by atoms with Gasteiger partial charge in [-0.1, -0.05) is 62.0 Å². The molecule has 2 rings (SSSR count). The molecule has 0 fully saturated rings. The van der Waals surface area contributed by atoms with Gasteiger partial charge in [0, 0.05) is 4.47 Å². The van der Waals surface area contributed by atoms with Crippen LogP contribution in [0.1, 0.15) is 57.6 Å². The Balaban J connectivity index is 2.38. The largest absolute Gasteiger partial charge is 0.492 e. The average molecular weight is 442 g/mol. The molecule has 3 heteroatoms. The summed E-state index contributed by atoms with van der Waals surface area (Å²) in [5, 5.41) is 2.64. The van der Waals surface area contributed by atoms with Gasteiger partial charge < -0.3 is 4.74 Å². The number of fused-ring (bicyclic) bond motifs is 1. The van der Waals surface area contributed by atoms with Gasteiger partial charge in [-0.05, 0) is 69.2 Å². The van der Waals surface area contributed by atoms with Crippen molar-refractivity contribution >= 4 is 42.6 Å². The van der Waals surface area contributed by atoms with Gasteiger partial charge in [-0.3, -0.25) is 0 Å². The van der Waals surface area contributed by atoms with E-state index in [9.17, 15) is 0 Å². The summed E-state index contributed by atoms with van der Waals surface area (Å²) < 4.78 is 8.41. The van der Waals surface area contributed by atoms with Crippen LogP contribution in [0.15, 0.2) is 27.1 Å². The Hall–Kier alpha value is -0.540. The smallest absolute Gasteiger partial charge is 0.134 e. The highest BCUT2D eigenvalue weighted by molar-refractivity contribution is 9.11. The molecule has 0 spiro atoms. The predicted molar refractivity (Wildman–Crippen MR) is 108 cm³/mol. The number of hydrogen-bond donors (Lipinski definition) is 0. The van der Waals surface area contributed by atoms with E-state index in [0.717, 1.165) is 36.1 Å². The lowest BCUT2D eigenvalue weighted by Crippen LogP contribution is -2.01. The first-order valence-electron chi connectivity index (χ1n) is 8.69. The van der Waals surface area contributed by atoms with Crippen molar-refractivity contribution in [3.8, 4) is 5.75 Å². The van der Waals surface area contributed by atoms with Crippen LogP contribution in [-0.2, 0) is 12.8 Å². The van der Waals surface area contributed by atoms with Gasteiger partial charge in [0.1, 0.15) is 5.75 Å². The summed E-state index contributed by atoms with van der Waals surface area (Å²) in [5.41, 5.74) is 2.70. The first-order chi connectivity index (χ1) is 11.1. The number of rotatable bonds is 8. The highest BCUT2D eigenvalue weighted by atomic mass is 79.9. The van der Waals surface area contributed by atoms with Crippen LogP contribution in [0.25, 0.3) is 10.8 Å². The summed E-state index contributed by atoms with van der Waals surface area (Å²) in [6, 6.07) is 6.59. The van der Waals surface area contributed by atoms with E-state index in [1.54, 1.807) is 0 Å². The fraction of sp³-hybridized carbons (Fsp3) is 0.500. The topological polar surface area (TPSA) is 9.23 Å². The molecule has 0 aliphatic heterocycles. The molecule has 2 aromatic carbocycles. The summed E-state index contributed by atoms with van der Waals surface area (Å²) in [5.74, 6) is 0.985. The lowest BCUT2D eigenvalue weighted by molar-refractivity contribution is 0.303.